The van der Waals surface area contributed by atoms with Gasteiger partial charge in [-0.15, -0.1) is 0 Å². The minimum atomic E-state index is -0.0385. The van der Waals surface area contributed by atoms with Crippen molar-refractivity contribution in [2.75, 3.05) is 18.5 Å². The van der Waals surface area contributed by atoms with Crippen LogP contribution in [0.2, 0.25) is 0 Å². The van der Waals surface area contributed by atoms with E-state index in [1.165, 1.54) is 6.20 Å². The van der Waals surface area contributed by atoms with Gasteiger partial charge < -0.3 is 14.6 Å². The number of anilines is 1. The van der Waals surface area contributed by atoms with Gasteiger partial charge >= 0.3 is 0 Å². The van der Waals surface area contributed by atoms with Crippen LogP contribution in [0.4, 0.5) is 5.82 Å². The van der Waals surface area contributed by atoms with Gasteiger partial charge in [-0.1, -0.05) is 0 Å². The van der Waals surface area contributed by atoms with Crippen molar-refractivity contribution < 1.29 is 4.74 Å². The van der Waals surface area contributed by atoms with Gasteiger partial charge in [-0.3, -0.25) is 0 Å². The van der Waals surface area contributed by atoms with E-state index in [0.29, 0.717) is 18.1 Å². The molecule has 0 aromatic carbocycles. The summed E-state index contributed by atoms with van der Waals surface area (Å²) in [5, 5.41) is 12.3. The van der Waals surface area contributed by atoms with Crippen LogP contribution in [0.15, 0.2) is 24.8 Å². The van der Waals surface area contributed by atoms with E-state index in [-0.39, 0.29) is 12.0 Å². The summed E-state index contributed by atoms with van der Waals surface area (Å²) in [6.07, 6.45) is 8.85. The fourth-order valence-electron chi connectivity index (χ4n) is 2.77. The lowest BCUT2D eigenvalue weighted by Gasteiger charge is -2.31. The van der Waals surface area contributed by atoms with Gasteiger partial charge in [0.2, 0.25) is 0 Å². The third kappa shape index (κ3) is 2.92. The maximum Gasteiger partial charge on any atom is 0.182 e. The lowest BCUT2D eigenvalue weighted by atomic mass is 9.93. The van der Waals surface area contributed by atoms with Crippen molar-refractivity contribution in [1.29, 1.82) is 5.26 Å². The highest BCUT2D eigenvalue weighted by molar-refractivity contribution is 5.46. The molecule has 0 unspecified atom stereocenters. The van der Waals surface area contributed by atoms with Crippen LogP contribution in [0.3, 0.4) is 0 Å². The average Bonchev–Trinajstić information content (AvgIpc) is 2.99. The maximum absolute atomic E-state index is 9.06. The van der Waals surface area contributed by atoms with Gasteiger partial charge in [0.25, 0.3) is 0 Å². The van der Waals surface area contributed by atoms with Gasteiger partial charge in [-0.2, -0.15) is 5.26 Å². The molecule has 1 aliphatic heterocycles. The number of aromatic nitrogens is 4. The second-order valence-corrected chi connectivity index (χ2v) is 5.34. The largest absolute Gasteiger partial charge is 0.370 e. The first-order valence-electron chi connectivity index (χ1n) is 7.33. The number of nitrogens with one attached hydrogen (secondary N) is 1. The van der Waals surface area contributed by atoms with Crippen molar-refractivity contribution in [3.8, 4) is 6.07 Å². The summed E-state index contributed by atoms with van der Waals surface area (Å²) in [5.74, 6) is 1.74. The van der Waals surface area contributed by atoms with Gasteiger partial charge in [0.1, 0.15) is 18.0 Å². The lowest BCUT2D eigenvalue weighted by Crippen LogP contribution is -2.30. The molecule has 22 heavy (non-hydrogen) atoms. The van der Waals surface area contributed by atoms with Gasteiger partial charge in [0.05, 0.1) is 0 Å². The Morgan fingerprint density at radius 3 is 3.00 bits per heavy atom. The number of hydrogen-bond donors (Lipinski definition) is 1. The van der Waals surface area contributed by atoms with Crippen LogP contribution < -0.4 is 5.32 Å². The first-order chi connectivity index (χ1) is 10.8. The molecule has 0 saturated carbocycles. The van der Waals surface area contributed by atoms with Crippen LogP contribution in [0, 0.1) is 17.2 Å². The fourth-order valence-corrected chi connectivity index (χ4v) is 2.77. The molecule has 0 amide bonds. The minimum absolute atomic E-state index is 0.0385. The van der Waals surface area contributed by atoms with Gasteiger partial charge in [-0.05, 0) is 12.8 Å². The molecular formula is C15H18N6O. The molecule has 1 fully saturated rings. The molecule has 1 N–H and O–H groups in total. The first-order valence-corrected chi connectivity index (χ1v) is 7.33. The summed E-state index contributed by atoms with van der Waals surface area (Å²) in [6, 6.07) is 2.05. The first kappa shape index (κ1) is 14.5. The van der Waals surface area contributed by atoms with Gasteiger partial charge in [0, 0.05) is 50.9 Å². The molecule has 3 rings (SSSR count). The molecule has 1 saturated heterocycles. The van der Waals surface area contributed by atoms with E-state index in [1.54, 1.807) is 12.4 Å². The van der Waals surface area contributed by atoms with Crippen molar-refractivity contribution in [1.82, 2.24) is 19.5 Å². The van der Waals surface area contributed by atoms with Crippen LogP contribution in [0.5, 0.6) is 0 Å². The Morgan fingerprint density at radius 2 is 2.23 bits per heavy atom. The van der Waals surface area contributed by atoms with Crippen LogP contribution in [0.1, 0.15) is 30.5 Å². The molecule has 2 aromatic heterocycles. The summed E-state index contributed by atoms with van der Waals surface area (Å²) >= 11 is 0. The molecule has 0 radical (unpaired) electrons. The molecule has 2 atom stereocenters. The second kappa shape index (κ2) is 6.54. The molecule has 2 aromatic rings. The Kier molecular flexibility index (Phi) is 4.30. The number of nitrogens with zero attached hydrogens (tertiary/aromatic N) is 5. The maximum atomic E-state index is 9.06. The summed E-state index contributed by atoms with van der Waals surface area (Å²) in [5.41, 5.74) is 0.313. The summed E-state index contributed by atoms with van der Waals surface area (Å²) in [4.78, 5) is 12.6. The number of aryl methyl sites for hydroxylation is 1. The molecule has 0 bridgehead atoms. The second-order valence-electron chi connectivity index (χ2n) is 5.34. The number of nitriles is 1. The van der Waals surface area contributed by atoms with E-state index in [4.69, 9.17) is 10.00 Å². The van der Waals surface area contributed by atoms with Crippen molar-refractivity contribution in [2.24, 2.45) is 13.0 Å². The Hall–Kier alpha value is -2.46. The van der Waals surface area contributed by atoms with Crippen molar-refractivity contribution >= 4 is 5.82 Å². The predicted molar refractivity (Wildman–Crippen MR) is 79.9 cm³/mol. The Morgan fingerprint density at radius 1 is 1.36 bits per heavy atom. The van der Waals surface area contributed by atoms with Crippen molar-refractivity contribution in [3.63, 3.8) is 0 Å². The zero-order valence-corrected chi connectivity index (χ0v) is 12.4. The summed E-state index contributed by atoms with van der Waals surface area (Å²) < 4.78 is 7.93. The van der Waals surface area contributed by atoms with Gasteiger partial charge in [-0.25, -0.2) is 15.0 Å². The number of hydrogen-bond acceptors (Lipinski definition) is 6. The Bertz CT molecular complexity index is 677. The van der Waals surface area contributed by atoms with Crippen molar-refractivity contribution in [2.45, 2.75) is 18.9 Å². The minimum Gasteiger partial charge on any atom is -0.370 e. The molecule has 114 valence electrons. The molecule has 1 aliphatic rings. The van der Waals surface area contributed by atoms with Crippen LogP contribution in [0.25, 0.3) is 0 Å². The molecule has 3 heterocycles. The summed E-state index contributed by atoms with van der Waals surface area (Å²) in [6.45, 7) is 1.42. The smallest absolute Gasteiger partial charge is 0.182 e. The lowest BCUT2D eigenvalue weighted by molar-refractivity contribution is -0.0305. The van der Waals surface area contributed by atoms with E-state index < -0.39 is 0 Å². The standard InChI is InChI=1S/C15H18N6O/c1-21-7-6-19-15(21)13-11(3-2-8-22-13)10-20-14-12(9-16)17-4-5-18-14/h4-7,11,13H,2-3,8,10H2,1H3,(H,18,20)/t11-,13+/m0/s1. The van der Waals surface area contributed by atoms with Crippen LogP contribution >= 0.6 is 0 Å². The quantitative estimate of drug-likeness (QED) is 0.923. The third-order valence-corrected chi connectivity index (χ3v) is 3.89. The zero-order chi connectivity index (χ0) is 15.4. The molecule has 7 nitrogen and oxygen atoms in total. The van der Waals surface area contributed by atoms with Crippen molar-refractivity contribution in [3.05, 3.63) is 36.3 Å². The number of imidazole rings is 1. The third-order valence-electron chi connectivity index (χ3n) is 3.89. The van der Waals surface area contributed by atoms with Crippen LogP contribution in [-0.2, 0) is 11.8 Å². The normalized spacial score (nSPS) is 21.3. The Labute approximate surface area is 129 Å². The topological polar surface area (TPSA) is 88.7 Å². The summed E-state index contributed by atoms with van der Waals surface area (Å²) in [7, 11) is 1.97. The molecule has 0 aliphatic carbocycles. The highest BCUT2D eigenvalue weighted by atomic mass is 16.5. The average molecular weight is 298 g/mol. The fraction of sp³-hybridized carbons (Fsp3) is 0.467. The number of ether oxygens (including phenoxy) is 1. The van der Waals surface area contributed by atoms with Crippen LogP contribution in [-0.4, -0.2) is 32.7 Å². The van der Waals surface area contributed by atoms with E-state index in [9.17, 15) is 0 Å². The highest BCUT2D eigenvalue weighted by Gasteiger charge is 2.30. The monoisotopic (exact) mass is 298 g/mol. The molecule has 0 spiro atoms. The molecular weight excluding hydrogens is 280 g/mol. The Balaban J connectivity index is 1.73. The van der Waals surface area contributed by atoms with E-state index >= 15 is 0 Å². The predicted octanol–water partition coefficient (Wildman–Crippen LogP) is 1.66. The van der Waals surface area contributed by atoms with Gasteiger partial charge in [0.15, 0.2) is 11.5 Å². The zero-order valence-electron chi connectivity index (χ0n) is 12.4. The molecule has 7 heteroatoms. The highest BCUT2D eigenvalue weighted by Crippen LogP contribution is 2.32. The van der Waals surface area contributed by atoms with E-state index in [0.717, 1.165) is 25.3 Å². The van der Waals surface area contributed by atoms with E-state index in [2.05, 4.69) is 20.3 Å². The van der Waals surface area contributed by atoms with E-state index in [1.807, 2.05) is 23.9 Å². The number of rotatable bonds is 4. The SMILES string of the molecule is Cn1ccnc1[C@@H]1OCCC[C@H]1CNc1nccnc1C#N.